The number of ketones is 1. The van der Waals surface area contributed by atoms with E-state index in [9.17, 15) is 4.79 Å². The average molecular weight is 172 g/mol. The molecular formula is C10H8N2O. The smallest absolute Gasteiger partial charge is 0.179 e. The van der Waals surface area contributed by atoms with Crippen LogP contribution in [0.25, 0.3) is 11.0 Å². The maximum Gasteiger partial charge on any atom is 0.179 e. The highest BCUT2D eigenvalue weighted by molar-refractivity contribution is 5.93. The highest BCUT2D eigenvalue weighted by Gasteiger charge is 2.02. The topological polar surface area (TPSA) is 42.9 Å². The zero-order chi connectivity index (χ0) is 9.26. The third kappa shape index (κ3) is 1.40. The molecule has 0 aliphatic rings. The molecule has 1 heterocycles. The van der Waals surface area contributed by atoms with Gasteiger partial charge in [0.25, 0.3) is 0 Å². The van der Waals surface area contributed by atoms with Crippen LogP contribution in [-0.2, 0) is 0 Å². The molecule has 0 unspecified atom stereocenters. The monoisotopic (exact) mass is 172 g/mol. The molecule has 13 heavy (non-hydrogen) atoms. The van der Waals surface area contributed by atoms with Crippen LogP contribution in [-0.4, -0.2) is 15.8 Å². The molecule has 0 amide bonds. The lowest BCUT2D eigenvalue weighted by Gasteiger charge is -1.97. The third-order valence-corrected chi connectivity index (χ3v) is 1.81. The molecule has 0 atom stereocenters. The molecule has 1 aromatic heterocycles. The number of fused-ring (bicyclic) bond motifs is 1. The number of hydrogen-bond acceptors (Lipinski definition) is 3. The lowest BCUT2D eigenvalue weighted by molar-refractivity contribution is 0.101. The van der Waals surface area contributed by atoms with E-state index in [1.165, 1.54) is 13.1 Å². The van der Waals surface area contributed by atoms with Gasteiger partial charge in [-0.3, -0.25) is 9.78 Å². The summed E-state index contributed by atoms with van der Waals surface area (Å²) in [5.41, 5.74) is 1.99. The first-order chi connectivity index (χ1) is 6.27. The summed E-state index contributed by atoms with van der Waals surface area (Å²) in [6.07, 6.45) is 1.50. The molecule has 64 valence electrons. The van der Waals surface area contributed by atoms with Crippen LogP contribution in [0.2, 0.25) is 0 Å². The fourth-order valence-electron chi connectivity index (χ4n) is 1.13. The molecule has 2 aromatic rings. The van der Waals surface area contributed by atoms with Gasteiger partial charge in [-0.05, 0) is 12.1 Å². The lowest BCUT2D eigenvalue weighted by Crippen LogP contribution is -1.97. The number of nitrogens with zero attached hydrogens (tertiary/aromatic N) is 2. The molecule has 0 fully saturated rings. The van der Waals surface area contributed by atoms with Crippen molar-refractivity contribution in [1.82, 2.24) is 9.97 Å². The fraction of sp³-hybridized carbons (Fsp3) is 0.100. The first-order valence-electron chi connectivity index (χ1n) is 4.00. The first kappa shape index (κ1) is 7.86. The van der Waals surface area contributed by atoms with Crippen molar-refractivity contribution < 1.29 is 4.79 Å². The fourth-order valence-corrected chi connectivity index (χ4v) is 1.13. The Balaban J connectivity index is 2.69. The summed E-state index contributed by atoms with van der Waals surface area (Å²) >= 11 is 0. The number of Topliss-reactive ketones (excluding diaryl/α,β-unsaturated/α-hetero) is 1. The summed E-state index contributed by atoms with van der Waals surface area (Å²) in [4.78, 5) is 19.3. The molecule has 3 heteroatoms. The van der Waals surface area contributed by atoms with Crippen LogP contribution in [0.3, 0.4) is 0 Å². The zero-order valence-electron chi connectivity index (χ0n) is 7.19. The molecule has 0 N–H and O–H groups in total. The molecule has 0 spiro atoms. The van der Waals surface area contributed by atoms with Crippen LogP contribution in [0.15, 0.2) is 30.5 Å². The number of para-hydroxylation sites is 2. The Bertz CT molecular complexity index is 465. The summed E-state index contributed by atoms with van der Waals surface area (Å²) in [7, 11) is 0. The van der Waals surface area contributed by atoms with Gasteiger partial charge in [-0.2, -0.15) is 0 Å². The van der Waals surface area contributed by atoms with Gasteiger partial charge in [-0.15, -0.1) is 0 Å². The van der Waals surface area contributed by atoms with Gasteiger partial charge in [0.05, 0.1) is 17.2 Å². The Morgan fingerprint density at radius 1 is 1.23 bits per heavy atom. The standard InChI is InChI=1S/C10H8N2O/c1-7(13)10-6-11-8-4-2-3-5-9(8)12-10/h2-6H,1H3. The number of benzene rings is 1. The van der Waals surface area contributed by atoms with E-state index in [0.717, 1.165) is 11.0 Å². The van der Waals surface area contributed by atoms with Gasteiger partial charge in [0.2, 0.25) is 0 Å². The first-order valence-corrected chi connectivity index (χ1v) is 4.00. The molecule has 0 saturated heterocycles. The van der Waals surface area contributed by atoms with Crippen molar-refractivity contribution >= 4 is 16.8 Å². The maximum atomic E-state index is 11.0. The molecule has 3 nitrogen and oxygen atoms in total. The number of hydrogen-bond donors (Lipinski definition) is 0. The summed E-state index contributed by atoms with van der Waals surface area (Å²) in [6, 6.07) is 7.48. The van der Waals surface area contributed by atoms with Gasteiger partial charge >= 0.3 is 0 Å². The van der Waals surface area contributed by atoms with Crippen molar-refractivity contribution in [3.8, 4) is 0 Å². The summed E-state index contributed by atoms with van der Waals surface area (Å²) < 4.78 is 0. The van der Waals surface area contributed by atoms with Crippen molar-refractivity contribution in [3.05, 3.63) is 36.2 Å². The Labute approximate surface area is 75.4 Å². The van der Waals surface area contributed by atoms with E-state index in [1.807, 2.05) is 24.3 Å². The van der Waals surface area contributed by atoms with Gasteiger partial charge in [0.15, 0.2) is 5.78 Å². The van der Waals surface area contributed by atoms with E-state index in [-0.39, 0.29) is 5.78 Å². The van der Waals surface area contributed by atoms with Crippen molar-refractivity contribution in [2.24, 2.45) is 0 Å². The van der Waals surface area contributed by atoms with Gasteiger partial charge in [-0.1, -0.05) is 12.1 Å². The predicted octanol–water partition coefficient (Wildman–Crippen LogP) is 1.83. The minimum absolute atomic E-state index is 0.0572. The van der Waals surface area contributed by atoms with Crippen molar-refractivity contribution in [3.63, 3.8) is 0 Å². The SMILES string of the molecule is CC(=O)c1cnc2ccccc2n1. The van der Waals surface area contributed by atoms with E-state index in [1.54, 1.807) is 0 Å². The number of rotatable bonds is 1. The molecule has 0 bridgehead atoms. The highest BCUT2D eigenvalue weighted by atomic mass is 16.1. The Morgan fingerprint density at radius 2 is 1.92 bits per heavy atom. The lowest BCUT2D eigenvalue weighted by atomic mass is 10.2. The normalized spacial score (nSPS) is 10.2. The summed E-state index contributed by atoms with van der Waals surface area (Å²) in [5.74, 6) is -0.0572. The van der Waals surface area contributed by atoms with Crippen LogP contribution in [0.1, 0.15) is 17.4 Å². The maximum absolute atomic E-state index is 11.0. The second-order valence-electron chi connectivity index (χ2n) is 2.80. The van der Waals surface area contributed by atoms with E-state index in [2.05, 4.69) is 9.97 Å². The van der Waals surface area contributed by atoms with Gasteiger partial charge in [-0.25, -0.2) is 4.98 Å². The van der Waals surface area contributed by atoms with Crippen LogP contribution in [0.5, 0.6) is 0 Å². The Kier molecular flexibility index (Phi) is 1.77. The zero-order valence-corrected chi connectivity index (χ0v) is 7.19. The highest BCUT2D eigenvalue weighted by Crippen LogP contribution is 2.08. The Hall–Kier alpha value is -1.77. The number of carbonyl (C=O) groups excluding carboxylic acids is 1. The second-order valence-corrected chi connectivity index (χ2v) is 2.80. The Morgan fingerprint density at radius 3 is 2.62 bits per heavy atom. The van der Waals surface area contributed by atoms with E-state index < -0.39 is 0 Å². The minimum Gasteiger partial charge on any atom is -0.293 e. The number of aromatic nitrogens is 2. The van der Waals surface area contributed by atoms with Crippen LogP contribution in [0.4, 0.5) is 0 Å². The van der Waals surface area contributed by atoms with Gasteiger partial charge in [0.1, 0.15) is 5.69 Å². The third-order valence-electron chi connectivity index (χ3n) is 1.81. The minimum atomic E-state index is -0.0572. The van der Waals surface area contributed by atoms with Crippen molar-refractivity contribution in [2.45, 2.75) is 6.92 Å². The van der Waals surface area contributed by atoms with Crippen LogP contribution >= 0.6 is 0 Å². The molecule has 0 saturated carbocycles. The number of carbonyl (C=O) groups is 1. The molecule has 0 aliphatic heterocycles. The molecule has 2 rings (SSSR count). The van der Waals surface area contributed by atoms with Crippen molar-refractivity contribution in [1.29, 1.82) is 0 Å². The van der Waals surface area contributed by atoms with Gasteiger partial charge < -0.3 is 0 Å². The average Bonchev–Trinajstić information content (AvgIpc) is 2.17. The van der Waals surface area contributed by atoms with E-state index >= 15 is 0 Å². The van der Waals surface area contributed by atoms with E-state index in [0.29, 0.717) is 5.69 Å². The van der Waals surface area contributed by atoms with Crippen LogP contribution < -0.4 is 0 Å². The largest absolute Gasteiger partial charge is 0.293 e. The molecule has 0 radical (unpaired) electrons. The molecule has 0 aliphatic carbocycles. The molecule has 1 aromatic carbocycles. The van der Waals surface area contributed by atoms with Crippen LogP contribution in [0, 0.1) is 0 Å². The van der Waals surface area contributed by atoms with Crippen molar-refractivity contribution in [2.75, 3.05) is 0 Å². The predicted molar refractivity (Wildman–Crippen MR) is 49.5 cm³/mol. The van der Waals surface area contributed by atoms with Gasteiger partial charge in [0, 0.05) is 6.92 Å². The quantitative estimate of drug-likeness (QED) is 0.616. The molecular weight excluding hydrogens is 164 g/mol. The summed E-state index contributed by atoms with van der Waals surface area (Å²) in [5, 5.41) is 0. The second kappa shape index (κ2) is 2.94. The summed E-state index contributed by atoms with van der Waals surface area (Å²) in [6.45, 7) is 1.48. The van der Waals surface area contributed by atoms with E-state index in [4.69, 9.17) is 0 Å².